The van der Waals surface area contributed by atoms with Crippen LogP contribution in [0.3, 0.4) is 0 Å². The second kappa shape index (κ2) is 8.28. The number of ether oxygens (including phenoxy) is 1. The van der Waals surface area contributed by atoms with Crippen molar-refractivity contribution < 1.29 is 14.3 Å². The fourth-order valence-corrected chi connectivity index (χ4v) is 4.72. The molecule has 0 fully saturated rings. The van der Waals surface area contributed by atoms with Crippen molar-refractivity contribution in [2.75, 3.05) is 18.5 Å². The van der Waals surface area contributed by atoms with E-state index < -0.39 is 0 Å². The summed E-state index contributed by atoms with van der Waals surface area (Å²) in [5.41, 5.74) is 5.22. The Balaban J connectivity index is 1.53. The lowest BCUT2D eigenvalue weighted by Crippen LogP contribution is -2.24. The first-order chi connectivity index (χ1) is 16.2. The summed E-state index contributed by atoms with van der Waals surface area (Å²) < 4.78 is 6.21. The zero-order valence-electron chi connectivity index (χ0n) is 20.1. The number of ketones is 2. The molecule has 0 radical (unpaired) electrons. The van der Waals surface area contributed by atoms with Gasteiger partial charge in [-0.25, -0.2) is 0 Å². The number of carbonyl (C=O) groups is 2. The molecule has 0 N–H and O–H groups in total. The number of fused-ring (bicyclic) bond motifs is 2. The summed E-state index contributed by atoms with van der Waals surface area (Å²) in [7, 11) is 2.13. The molecule has 2 heterocycles. The molecule has 0 saturated heterocycles. The monoisotopic (exact) mass is 451 g/mol. The van der Waals surface area contributed by atoms with Crippen LogP contribution < -0.4 is 4.90 Å². The molecule has 3 aliphatic rings. The topological polar surface area (TPSA) is 46.6 Å². The number of allylic oxidation sites excluding steroid dienone is 6. The molecule has 4 nitrogen and oxygen atoms in total. The molecule has 0 saturated carbocycles. The van der Waals surface area contributed by atoms with Crippen LogP contribution in [0.1, 0.15) is 59.0 Å². The molecule has 2 aromatic carbocycles. The maximum Gasteiger partial charge on any atom is 0.198 e. The minimum absolute atomic E-state index is 0.217. The van der Waals surface area contributed by atoms with Gasteiger partial charge in [-0.15, -0.1) is 0 Å². The fourth-order valence-electron chi connectivity index (χ4n) is 4.72. The quantitative estimate of drug-likeness (QED) is 0.397. The highest BCUT2D eigenvalue weighted by Gasteiger charge is 2.36. The van der Waals surface area contributed by atoms with Crippen molar-refractivity contribution in [1.29, 1.82) is 0 Å². The lowest BCUT2D eigenvalue weighted by atomic mass is 9.89. The SMILES string of the molecule is CN1CCCc2cc(C=CC3=CC(=C4C(=O)c5ccccc5C4=O)C=C(C(C)(C)C)O3)ccc21. The van der Waals surface area contributed by atoms with Crippen LogP contribution in [0.5, 0.6) is 0 Å². The fraction of sp³-hybridized carbons (Fsp3) is 0.267. The zero-order valence-corrected chi connectivity index (χ0v) is 20.1. The first-order valence-electron chi connectivity index (χ1n) is 11.8. The molecule has 0 atom stereocenters. The summed E-state index contributed by atoms with van der Waals surface area (Å²) in [4.78, 5) is 28.5. The molecule has 0 aromatic heterocycles. The normalized spacial score (nSPS) is 18.1. The van der Waals surface area contributed by atoms with Crippen molar-refractivity contribution in [3.8, 4) is 0 Å². The highest BCUT2D eigenvalue weighted by Crippen LogP contribution is 2.37. The Kier molecular flexibility index (Phi) is 5.40. The molecule has 34 heavy (non-hydrogen) atoms. The number of anilines is 1. The van der Waals surface area contributed by atoms with Crippen LogP contribution in [0, 0.1) is 5.41 Å². The Morgan fingerprint density at radius 1 is 0.941 bits per heavy atom. The van der Waals surface area contributed by atoms with Crippen LogP contribution in [0.2, 0.25) is 0 Å². The van der Waals surface area contributed by atoms with Gasteiger partial charge in [0.15, 0.2) is 11.6 Å². The molecule has 0 unspecified atom stereocenters. The number of nitrogens with zero attached hydrogens (tertiary/aromatic N) is 1. The van der Waals surface area contributed by atoms with Crippen molar-refractivity contribution >= 4 is 23.3 Å². The number of hydrogen-bond donors (Lipinski definition) is 0. The van der Waals surface area contributed by atoms with E-state index in [1.807, 2.05) is 18.2 Å². The molecular formula is C30H29NO3. The summed E-state index contributed by atoms with van der Waals surface area (Å²) in [6, 6.07) is 13.5. The number of aryl methyl sites for hydroxylation is 1. The lowest BCUT2D eigenvalue weighted by molar-refractivity contribution is 0.0987. The summed E-state index contributed by atoms with van der Waals surface area (Å²) in [6.07, 6.45) is 9.83. The van der Waals surface area contributed by atoms with Gasteiger partial charge in [0.05, 0.1) is 5.57 Å². The van der Waals surface area contributed by atoms with Crippen molar-refractivity contribution in [1.82, 2.24) is 0 Å². The van der Waals surface area contributed by atoms with Gasteiger partial charge in [-0.3, -0.25) is 9.59 Å². The summed E-state index contributed by atoms with van der Waals surface area (Å²) in [6.45, 7) is 7.26. The summed E-state index contributed by atoms with van der Waals surface area (Å²) >= 11 is 0. The Labute approximate surface area is 200 Å². The number of benzene rings is 2. The van der Waals surface area contributed by atoms with E-state index in [0.717, 1.165) is 30.7 Å². The van der Waals surface area contributed by atoms with Gasteiger partial charge in [-0.1, -0.05) is 57.2 Å². The number of carbonyl (C=O) groups excluding carboxylic acids is 2. The predicted molar refractivity (Wildman–Crippen MR) is 136 cm³/mol. The smallest absolute Gasteiger partial charge is 0.198 e. The van der Waals surface area contributed by atoms with Crippen LogP contribution in [-0.4, -0.2) is 25.2 Å². The summed E-state index contributed by atoms with van der Waals surface area (Å²) in [5.74, 6) is 0.892. The third-order valence-corrected chi connectivity index (χ3v) is 6.60. The first-order valence-corrected chi connectivity index (χ1v) is 11.8. The molecule has 172 valence electrons. The number of Topliss-reactive ketones (excluding diaryl/α,β-unsaturated/α-hetero) is 2. The Bertz CT molecular complexity index is 1290. The minimum Gasteiger partial charge on any atom is -0.461 e. The van der Waals surface area contributed by atoms with Crippen LogP contribution in [-0.2, 0) is 11.2 Å². The Morgan fingerprint density at radius 3 is 2.32 bits per heavy atom. The second-order valence-electron chi connectivity index (χ2n) is 10.2. The van der Waals surface area contributed by atoms with Gasteiger partial charge >= 0.3 is 0 Å². The van der Waals surface area contributed by atoms with E-state index >= 15 is 0 Å². The van der Waals surface area contributed by atoms with Gasteiger partial charge in [-0.05, 0) is 59.9 Å². The molecule has 0 amide bonds. The predicted octanol–water partition coefficient (Wildman–Crippen LogP) is 6.30. The largest absolute Gasteiger partial charge is 0.461 e. The number of hydrogen-bond acceptors (Lipinski definition) is 4. The van der Waals surface area contributed by atoms with Gasteiger partial charge in [-0.2, -0.15) is 0 Å². The van der Waals surface area contributed by atoms with Gasteiger partial charge in [0, 0.05) is 35.8 Å². The minimum atomic E-state index is -0.285. The van der Waals surface area contributed by atoms with Crippen molar-refractivity contribution in [2.45, 2.75) is 33.6 Å². The summed E-state index contributed by atoms with van der Waals surface area (Å²) in [5, 5.41) is 0. The van der Waals surface area contributed by atoms with E-state index in [1.54, 1.807) is 30.3 Å². The van der Waals surface area contributed by atoms with E-state index in [2.05, 4.69) is 50.9 Å². The average molecular weight is 452 g/mol. The van der Waals surface area contributed by atoms with Crippen molar-refractivity contribution in [2.24, 2.45) is 5.41 Å². The highest BCUT2D eigenvalue weighted by atomic mass is 16.5. The molecule has 5 rings (SSSR count). The molecule has 2 aromatic rings. The second-order valence-corrected chi connectivity index (χ2v) is 10.2. The molecule has 2 aliphatic heterocycles. The highest BCUT2D eigenvalue weighted by molar-refractivity contribution is 6.40. The van der Waals surface area contributed by atoms with E-state index in [9.17, 15) is 9.59 Å². The average Bonchev–Trinajstić information content (AvgIpc) is 3.07. The first kappa shape index (κ1) is 22.1. The maximum atomic E-state index is 13.1. The van der Waals surface area contributed by atoms with Crippen LogP contribution >= 0.6 is 0 Å². The lowest BCUT2D eigenvalue weighted by Gasteiger charge is -2.28. The van der Waals surface area contributed by atoms with E-state index in [1.165, 1.54) is 11.3 Å². The van der Waals surface area contributed by atoms with Crippen molar-refractivity contribution in [3.63, 3.8) is 0 Å². The zero-order chi connectivity index (χ0) is 24.0. The Morgan fingerprint density at radius 2 is 1.65 bits per heavy atom. The molecule has 0 spiro atoms. The Hall–Kier alpha value is -3.66. The molecule has 4 heteroatoms. The van der Waals surface area contributed by atoms with E-state index in [4.69, 9.17) is 4.74 Å². The van der Waals surface area contributed by atoms with Gasteiger partial charge in [0.25, 0.3) is 0 Å². The molecule has 1 aliphatic carbocycles. The molecular weight excluding hydrogens is 422 g/mol. The third-order valence-electron chi connectivity index (χ3n) is 6.60. The van der Waals surface area contributed by atoms with Crippen molar-refractivity contribution in [3.05, 3.63) is 106 Å². The van der Waals surface area contributed by atoms with Gasteiger partial charge in [0.1, 0.15) is 11.5 Å². The standard InChI is InChI=1S/C30H29NO3/c1-30(2,3)26-18-21(27-28(32)23-9-5-6-10-24(23)29(27)33)17-22(34-26)13-11-19-12-14-25-20(16-19)8-7-15-31(25)4/h5-6,9-14,16-18H,7-8,15H2,1-4H3. The van der Waals surface area contributed by atoms with E-state index in [0.29, 0.717) is 22.5 Å². The molecule has 0 bridgehead atoms. The number of rotatable bonds is 2. The third kappa shape index (κ3) is 3.94. The van der Waals surface area contributed by atoms with Crippen LogP contribution in [0.25, 0.3) is 6.08 Å². The van der Waals surface area contributed by atoms with E-state index in [-0.39, 0.29) is 22.6 Å². The van der Waals surface area contributed by atoms with Crippen LogP contribution in [0.4, 0.5) is 5.69 Å². The van der Waals surface area contributed by atoms with Crippen LogP contribution in [0.15, 0.2) is 83.4 Å². The van der Waals surface area contributed by atoms with Gasteiger partial charge in [0.2, 0.25) is 0 Å². The maximum absolute atomic E-state index is 13.1. The van der Waals surface area contributed by atoms with Gasteiger partial charge < -0.3 is 9.64 Å².